The third kappa shape index (κ3) is 3.56. The monoisotopic (exact) mass is 417 g/mol. The number of hydrogen-bond acceptors (Lipinski definition) is 5. The molecule has 31 heavy (non-hydrogen) atoms. The predicted molar refractivity (Wildman–Crippen MR) is 121 cm³/mol. The second-order valence-corrected chi connectivity index (χ2v) is 9.96. The number of nitrogens with one attached hydrogen (secondary N) is 3. The molecule has 1 aliphatic carbocycles. The smallest absolute Gasteiger partial charge is 0.161 e. The summed E-state index contributed by atoms with van der Waals surface area (Å²) in [6.45, 7) is 6.47. The lowest BCUT2D eigenvalue weighted by molar-refractivity contribution is -0.118. The van der Waals surface area contributed by atoms with Gasteiger partial charge in [0.15, 0.2) is 5.78 Å². The number of ketones is 1. The summed E-state index contributed by atoms with van der Waals surface area (Å²) in [5.74, 6) is 1.33. The Bertz CT molecular complexity index is 1020. The number of fused-ring (bicyclic) bond motifs is 1. The van der Waals surface area contributed by atoms with Crippen molar-refractivity contribution >= 4 is 5.78 Å². The van der Waals surface area contributed by atoms with Crippen molar-refractivity contribution in [3.05, 3.63) is 76.5 Å². The van der Waals surface area contributed by atoms with Crippen LogP contribution in [0, 0.1) is 18.3 Å². The van der Waals surface area contributed by atoms with Crippen LogP contribution in [0.1, 0.15) is 55.3 Å². The molecule has 5 heteroatoms. The van der Waals surface area contributed by atoms with Crippen LogP contribution in [0.25, 0.3) is 0 Å². The summed E-state index contributed by atoms with van der Waals surface area (Å²) in [4.78, 5) is 13.5. The van der Waals surface area contributed by atoms with Crippen LogP contribution in [0.3, 0.4) is 0 Å². The fourth-order valence-corrected chi connectivity index (χ4v) is 5.57. The molecular weight excluding hydrogens is 386 g/mol. The highest BCUT2D eigenvalue weighted by Crippen LogP contribution is 2.51. The van der Waals surface area contributed by atoms with Crippen molar-refractivity contribution in [2.75, 3.05) is 7.11 Å². The first kappa shape index (κ1) is 20.3. The molecule has 4 atom stereocenters. The average molecular weight is 418 g/mol. The molecule has 0 saturated carbocycles. The van der Waals surface area contributed by atoms with Gasteiger partial charge < -0.3 is 10.1 Å². The molecule has 2 heterocycles. The quantitative estimate of drug-likeness (QED) is 0.701. The van der Waals surface area contributed by atoms with Crippen molar-refractivity contribution in [2.24, 2.45) is 11.3 Å². The zero-order valence-electron chi connectivity index (χ0n) is 18.7. The van der Waals surface area contributed by atoms with Crippen molar-refractivity contribution in [1.82, 2.24) is 16.2 Å². The van der Waals surface area contributed by atoms with Crippen LogP contribution in [0.5, 0.6) is 5.75 Å². The van der Waals surface area contributed by atoms with Crippen molar-refractivity contribution in [3.8, 4) is 5.75 Å². The first-order chi connectivity index (χ1) is 14.9. The van der Waals surface area contributed by atoms with Gasteiger partial charge in [-0.15, -0.1) is 0 Å². The Morgan fingerprint density at radius 3 is 2.29 bits per heavy atom. The topological polar surface area (TPSA) is 62.4 Å². The van der Waals surface area contributed by atoms with E-state index in [0.717, 1.165) is 23.4 Å². The minimum absolute atomic E-state index is 0.0189. The first-order valence-electron chi connectivity index (χ1n) is 11.1. The second kappa shape index (κ2) is 7.50. The Morgan fingerprint density at radius 2 is 1.61 bits per heavy atom. The van der Waals surface area contributed by atoms with E-state index in [9.17, 15) is 4.79 Å². The summed E-state index contributed by atoms with van der Waals surface area (Å²) in [6, 6.07) is 17.0. The van der Waals surface area contributed by atoms with Crippen molar-refractivity contribution < 1.29 is 9.53 Å². The van der Waals surface area contributed by atoms with Crippen molar-refractivity contribution in [1.29, 1.82) is 0 Å². The summed E-state index contributed by atoms with van der Waals surface area (Å²) < 4.78 is 5.34. The van der Waals surface area contributed by atoms with Gasteiger partial charge in [0.2, 0.25) is 0 Å². The average Bonchev–Trinajstić information content (AvgIpc) is 3.15. The van der Waals surface area contributed by atoms with Gasteiger partial charge in [-0.05, 0) is 42.0 Å². The molecule has 2 aromatic carbocycles. The van der Waals surface area contributed by atoms with E-state index in [1.807, 2.05) is 12.1 Å². The molecule has 3 aliphatic rings. The maximum atomic E-state index is 13.5. The minimum Gasteiger partial charge on any atom is -0.497 e. The van der Waals surface area contributed by atoms with Gasteiger partial charge in [-0.1, -0.05) is 55.8 Å². The maximum absolute atomic E-state index is 13.5. The molecule has 5 rings (SSSR count). The lowest BCUT2D eigenvalue weighted by atomic mass is 9.65. The number of hydrazine groups is 1. The minimum atomic E-state index is -0.0189. The number of carbonyl (C=O) groups is 1. The molecule has 0 bridgehead atoms. The maximum Gasteiger partial charge on any atom is 0.161 e. The van der Waals surface area contributed by atoms with Gasteiger partial charge in [-0.3, -0.25) is 4.79 Å². The number of allylic oxidation sites excluding steroid dienone is 2. The molecule has 0 spiro atoms. The SMILES string of the molecule is COc1ccc(C2NNC3NC4=C(C(=O)CC(C)(C)C4)C(c4ccc(C)cc4)C32)cc1. The molecule has 4 unspecified atom stereocenters. The molecule has 3 N–H and O–H groups in total. The predicted octanol–water partition coefficient (Wildman–Crippen LogP) is 4.13. The lowest BCUT2D eigenvalue weighted by Gasteiger charge is -2.44. The van der Waals surface area contributed by atoms with Crippen LogP contribution in [0.4, 0.5) is 0 Å². The van der Waals surface area contributed by atoms with Crippen LogP contribution in [-0.2, 0) is 4.79 Å². The molecule has 2 aliphatic heterocycles. The molecule has 0 amide bonds. The number of benzene rings is 2. The molecule has 5 nitrogen and oxygen atoms in total. The highest BCUT2D eigenvalue weighted by atomic mass is 16.5. The van der Waals surface area contributed by atoms with E-state index >= 15 is 0 Å². The van der Waals surface area contributed by atoms with Crippen LogP contribution in [-0.4, -0.2) is 19.1 Å². The highest BCUT2D eigenvalue weighted by molar-refractivity contribution is 5.99. The van der Waals surface area contributed by atoms with Crippen molar-refractivity contribution in [2.45, 2.75) is 51.7 Å². The Labute approximate surface area is 184 Å². The Balaban J connectivity index is 1.61. The summed E-state index contributed by atoms with van der Waals surface area (Å²) in [6.07, 6.45) is 1.55. The van der Waals surface area contributed by atoms with E-state index in [1.165, 1.54) is 16.7 Å². The fraction of sp³-hybridized carbons (Fsp3) is 0.423. The van der Waals surface area contributed by atoms with Crippen molar-refractivity contribution in [3.63, 3.8) is 0 Å². The second-order valence-electron chi connectivity index (χ2n) is 9.96. The normalized spacial score (nSPS) is 29.2. The fourth-order valence-electron chi connectivity index (χ4n) is 5.57. The number of carbonyl (C=O) groups excluding carboxylic acids is 1. The number of rotatable bonds is 3. The summed E-state index contributed by atoms with van der Waals surface area (Å²) in [5.41, 5.74) is 12.7. The van der Waals surface area contributed by atoms with E-state index in [1.54, 1.807) is 7.11 Å². The summed E-state index contributed by atoms with van der Waals surface area (Å²) in [7, 11) is 1.68. The molecule has 2 aromatic rings. The number of ether oxygens (including phenoxy) is 1. The number of methoxy groups -OCH3 is 1. The zero-order chi connectivity index (χ0) is 21.8. The van der Waals surface area contributed by atoms with Gasteiger partial charge in [0.05, 0.1) is 19.3 Å². The molecule has 162 valence electrons. The van der Waals surface area contributed by atoms with E-state index in [2.05, 4.69) is 73.3 Å². The Kier molecular flexibility index (Phi) is 4.91. The van der Waals surface area contributed by atoms with Crippen LogP contribution in [0.15, 0.2) is 59.8 Å². The Hall–Kier alpha value is -2.63. The molecule has 0 aromatic heterocycles. The van der Waals surface area contributed by atoms with Gasteiger partial charge in [-0.2, -0.15) is 0 Å². The third-order valence-electron chi connectivity index (χ3n) is 7.02. The first-order valence-corrected chi connectivity index (χ1v) is 11.1. The van der Waals surface area contributed by atoms with Gasteiger partial charge in [-0.25, -0.2) is 10.9 Å². The molecule has 1 fully saturated rings. The third-order valence-corrected chi connectivity index (χ3v) is 7.02. The van der Waals surface area contributed by atoms with Crippen LogP contribution in [0.2, 0.25) is 0 Å². The number of hydrogen-bond donors (Lipinski definition) is 3. The highest BCUT2D eigenvalue weighted by Gasteiger charge is 2.51. The lowest BCUT2D eigenvalue weighted by Crippen LogP contribution is -2.51. The molecule has 1 saturated heterocycles. The van der Waals surface area contributed by atoms with Crippen LogP contribution >= 0.6 is 0 Å². The summed E-state index contributed by atoms with van der Waals surface area (Å²) in [5, 5.41) is 3.70. The largest absolute Gasteiger partial charge is 0.497 e. The van der Waals surface area contributed by atoms with E-state index in [0.29, 0.717) is 6.42 Å². The van der Waals surface area contributed by atoms with Gasteiger partial charge in [0.1, 0.15) is 5.75 Å². The number of Topliss-reactive ketones (excluding diaryl/α,β-unsaturated/α-hetero) is 1. The van der Waals surface area contributed by atoms with Gasteiger partial charge >= 0.3 is 0 Å². The Morgan fingerprint density at radius 1 is 0.935 bits per heavy atom. The molecular formula is C26H31N3O2. The number of aryl methyl sites for hydroxylation is 1. The van der Waals surface area contributed by atoms with E-state index < -0.39 is 0 Å². The van der Waals surface area contributed by atoms with E-state index in [4.69, 9.17) is 4.74 Å². The molecule has 0 radical (unpaired) electrons. The summed E-state index contributed by atoms with van der Waals surface area (Å²) >= 11 is 0. The van der Waals surface area contributed by atoms with Crippen LogP contribution < -0.4 is 20.9 Å². The van der Waals surface area contributed by atoms with Gasteiger partial charge in [0, 0.05) is 29.5 Å². The standard InChI is InChI=1S/C26H31N3O2/c1-15-5-7-16(8-6-15)21-22-19(13-26(2,3)14-20(22)30)27-25-23(21)24(28-29-25)17-9-11-18(31-4)12-10-17/h5-12,21,23-25,27-29H,13-14H2,1-4H3. The zero-order valence-corrected chi connectivity index (χ0v) is 18.7. The van der Waals surface area contributed by atoms with E-state index in [-0.39, 0.29) is 35.2 Å². The van der Waals surface area contributed by atoms with Gasteiger partial charge in [0.25, 0.3) is 0 Å².